The molecular weight excluding hydrogens is 347 g/mol. The van der Waals surface area contributed by atoms with E-state index in [1.165, 1.54) is 0 Å². The maximum absolute atomic E-state index is 10.8. The maximum Gasteiger partial charge on any atom is 0.305 e. The molecule has 3 rings (SSSR count). The van der Waals surface area contributed by atoms with Gasteiger partial charge in [0.15, 0.2) is 0 Å². The van der Waals surface area contributed by atoms with Crippen LogP contribution in [0.25, 0.3) is 20.4 Å². The highest BCUT2D eigenvalue weighted by Gasteiger charge is 2.17. The number of aryl methyl sites for hydroxylation is 1. The van der Waals surface area contributed by atoms with Crippen molar-refractivity contribution >= 4 is 92.2 Å². The highest BCUT2D eigenvalue weighted by molar-refractivity contribution is 7.83. The fourth-order valence-corrected chi connectivity index (χ4v) is 7.89. The van der Waals surface area contributed by atoms with Crippen LogP contribution in [-0.4, -0.2) is 15.6 Å². The Bertz CT molecular complexity index is 797. The molecule has 0 aliphatic rings. The van der Waals surface area contributed by atoms with Gasteiger partial charge in [-0.05, 0) is 0 Å². The molecule has 0 amide bonds. The quantitative estimate of drug-likeness (QED) is 0.534. The van der Waals surface area contributed by atoms with Crippen molar-refractivity contribution in [2.24, 2.45) is 0 Å². The van der Waals surface area contributed by atoms with Gasteiger partial charge in [-0.25, -0.2) is 0 Å². The largest absolute Gasteiger partial charge is 0.481 e. The SMILES string of the molecule is O=C(O)CCn1c2c(=S)ssc2c2ssc(=S)c21. The summed E-state index contributed by atoms with van der Waals surface area (Å²) in [6.07, 6.45) is 0.0868. The second-order valence-electron chi connectivity index (χ2n) is 3.56. The predicted octanol–water partition coefficient (Wildman–Crippen LogP) is 4.97. The Morgan fingerprint density at radius 3 is 2.00 bits per heavy atom. The lowest BCUT2D eigenvalue weighted by Crippen LogP contribution is -2.03. The van der Waals surface area contributed by atoms with Crippen molar-refractivity contribution in [1.82, 2.24) is 4.57 Å². The van der Waals surface area contributed by atoms with Gasteiger partial charge in [0, 0.05) is 6.54 Å². The normalized spacial score (nSPS) is 11.6. The number of carboxylic acids is 1. The fourth-order valence-electron chi connectivity index (χ4n) is 1.80. The zero-order valence-corrected chi connectivity index (χ0v) is 13.6. The molecule has 0 bridgehead atoms. The van der Waals surface area contributed by atoms with E-state index in [2.05, 4.69) is 0 Å². The van der Waals surface area contributed by atoms with Crippen molar-refractivity contribution in [2.75, 3.05) is 0 Å². The molecule has 94 valence electrons. The molecular formula is C9H5NO2S6. The van der Waals surface area contributed by atoms with Crippen LogP contribution in [-0.2, 0) is 11.3 Å². The summed E-state index contributed by atoms with van der Waals surface area (Å²) in [7, 11) is 6.43. The number of carbonyl (C=O) groups is 1. The molecule has 0 saturated carbocycles. The lowest BCUT2D eigenvalue weighted by atomic mass is 10.4. The van der Waals surface area contributed by atoms with Crippen LogP contribution in [0.2, 0.25) is 0 Å². The molecule has 0 saturated heterocycles. The summed E-state index contributed by atoms with van der Waals surface area (Å²) in [4.78, 5) is 10.8. The smallest absolute Gasteiger partial charge is 0.305 e. The molecule has 3 heterocycles. The third kappa shape index (κ3) is 1.89. The third-order valence-electron chi connectivity index (χ3n) is 2.51. The Morgan fingerprint density at radius 2 is 1.56 bits per heavy atom. The van der Waals surface area contributed by atoms with Crippen LogP contribution in [0, 0.1) is 7.65 Å². The van der Waals surface area contributed by atoms with E-state index in [4.69, 9.17) is 29.5 Å². The first-order valence-electron chi connectivity index (χ1n) is 4.85. The van der Waals surface area contributed by atoms with E-state index in [0.717, 1.165) is 28.1 Å². The molecule has 3 aromatic rings. The van der Waals surface area contributed by atoms with E-state index in [0.29, 0.717) is 6.54 Å². The Labute approximate surface area is 126 Å². The minimum atomic E-state index is -0.806. The highest BCUT2D eigenvalue weighted by Crippen LogP contribution is 2.42. The van der Waals surface area contributed by atoms with Gasteiger partial charge in [0.25, 0.3) is 0 Å². The van der Waals surface area contributed by atoms with E-state index in [1.54, 1.807) is 41.4 Å². The van der Waals surface area contributed by atoms with Crippen LogP contribution < -0.4 is 0 Å². The number of nitrogens with zero attached hydrogens (tertiary/aromatic N) is 1. The monoisotopic (exact) mass is 351 g/mol. The zero-order valence-electron chi connectivity index (χ0n) is 8.67. The number of aliphatic carboxylic acids is 1. The first kappa shape index (κ1) is 12.8. The minimum Gasteiger partial charge on any atom is -0.481 e. The summed E-state index contributed by atoms with van der Waals surface area (Å²) in [6, 6.07) is 0. The minimum absolute atomic E-state index is 0.0868. The highest BCUT2D eigenvalue weighted by atomic mass is 32.9. The number of hydrogen-bond acceptors (Lipinski definition) is 7. The first-order chi connectivity index (χ1) is 8.59. The van der Waals surface area contributed by atoms with E-state index in [1.807, 2.05) is 4.57 Å². The molecule has 0 radical (unpaired) electrons. The topological polar surface area (TPSA) is 42.2 Å². The van der Waals surface area contributed by atoms with Crippen molar-refractivity contribution < 1.29 is 9.90 Å². The molecule has 3 nitrogen and oxygen atoms in total. The van der Waals surface area contributed by atoms with Gasteiger partial charge in [-0.1, -0.05) is 65.8 Å². The standard InChI is InChI=1S/C9H5NO2S6/c11-3(12)1-2-10-4-6(15-17-8(4)13)7-5(10)9(14)18-16-7/h1-2H2,(H,11,12). The molecule has 0 aliphatic heterocycles. The Balaban J connectivity index is 2.37. The molecule has 0 aliphatic carbocycles. The van der Waals surface area contributed by atoms with Gasteiger partial charge in [-0.15, -0.1) is 0 Å². The van der Waals surface area contributed by atoms with Crippen LogP contribution in [0.4, 0.5) is 0 Å². The maximum atomic E-state index is 10.8. The van der Waals surface area contributed by atoms with Crippen LogP contribution >= 0.6 is 65.8 Å². The van der Waals surface area contributed by atoms with Gasteiger partial charge in [0.1, 0.15) is 7.65 Å². The fraction of sp³-hybridized carbons (Fsp3) is 0.222. The van der Waals surface area contributed by atoms with Gasteiger partial charge in [0.2, 0.25) is 0 Å². The van der Waals surface area contributed by atoms with Gasteiger partial charge >= 0.3 is 5.97 Å². The summed E-state index contributed by atoms with van der Waals surface area (Å²) < 4.78 is 5.94. The lowest BCUT2D eigenvalue weighted by Gasteiger charge is -2.02. The van der Waals surface area contributed by atoms with Crippen molar-refractivity contribution in [3.63, 3.8) is 0 Å². The molecule has 0 atom stereocenters. The molecule has 9 heteroatoms. The average Bonchev–Trinajstić information content (AvgIpc) is 2.93. The molecule has 3 aromatic heterocycles. The lowest BCUT2D eigenvalue weighted by molar-refractivity contribution is -0.137. The van der Waals surface area contributed by atoms with E-state index in [9.17, 15) is 4.79 Å². The molecule has 18 heavy (non-hydrogen) atoms. The van der Waals surface area contributed by atoms with Crippen molar-refractivity contribution in [3.8, 4) is 0 Å². The van der Waals surface area contributed by atoms with Crippen molar-refractivity contribution in [1.29, 1.82) is 0 Å². The predicted molar refractivity (Wildman–Crippen MR) is 84.9 cm³/mol. The van der Waals surface area contributed by atoms with Crippen LogP contribution in [0.15, 0.2) is 0 Å². The second-order valence-corrected chi connectivity index (χ2v) is 9.19. The first-order valence-corrected chi connectivity index (χ1v) is 9.97. The number of hydrogen-bond donors (Lipinski definition) is 1. The number of carboxylic acid groups (broad SMARTS) is 1. The van der Waals surface area contributed by atoms with Gasteiger partial charge in [-0.3, -0.25) is 4.79 Å². The zero-order chi connectivity index (χ0) is 12.9. The number of aromatic nitrogens is 1. The third-order valence-corrected chi connectivity index (χ3v) is 8.65. The van der Waals surface area contributed by atoms with Crippen LogP contribution in [0.5, 0.6) is 0 Å². The molecule has 0 unspecified atom stereocenters. The van der Waals surface area contributed by atoms with Crippen LogP contribution in [0.3, 0.4) is 0 Å². The van der Waals surface area contributed by atoms with E-state index in [-0.39, 0.29) is 6.42 Å². The molecule has 0 aromatic carbocycles. The van der Waals surface area contributed by atoms with Gasteiger partial charge in [0.05, 0.1) is 26.9 Å². The average molecular weight is 352 g/mol. The molecule has 0 fully saturated rings. The number of fused-ring (bicyclic) bond motifs is 3. The summed E-state index contributed by atoms with van der Waals surface area (Å²) in [5.74, 6) is -0.806. The summed E-state index contributed by atoms with van der Waals surface area (Å²) in [5, 5.41) is 8.84. The summed E-state index contributed by atoms with van der Waals surface area (Å²) in [6.45, 7) is 0.426. The van der Waals surface area contributed by atoms with Gasteiger partial charge in [-0.2, -0.15) is 0 Å². The molecule has 1 N–H and O–H groups in total. The van der Waals surface area contributed by atoms with E-state index >= 15 is 0 Å². The van der Waals surface area contributed by atoms with E-state index < -0.39 is 5.97 Å². The van der Waals surface area contributed by atoms with Crippen LogP contribution in [0.1, 0.15) is 6.42 Å². The van der Waals surface area contributed by atoms with Crippen molar-refractivity contribution in [2.45, 2.75) is 13.0 Å². The second kappa shape index (κ2) is 4.73. The Kier molecular flexibility index (Phi) is 3.37. The molecule has 0 spiro atoms. The van der Waals surface area contributed by atoms with Gasteiger partial charge < -0.3 is 9.67 Å². The Morgan fingerprint density at radius 1 is 1.06 bits per heavy atom. The van der Waals surface area contributed by atoms with Crippen molar-refractivity contribution in [3.05, 3.63) is 7.65 Å². The Hall–Kier alpha value is -0.190. The number of rotatable bonds is 3. The summed E-state index contributed by atoms with van der Waals surface area (Å²) in [5.41, 5.74) is 1.97. The summed E-state index contributed by atoms with van der Waals surface area (Å²) >= 11 is 10.7.